The number of pyridine rings is 1. The van der Waals surface area contributed by atoms with Crippen molar-refractivity contribution in [2.75, 3.05) is 30.7 Å². The Labute approximate surface area is 103 Å². The summed E-state index contributed by atoms with van der Waals surface area (Å²) in [7, 11) is 0. The third-order valence-corrected chi connectivity index (χ3v) is 3.17. The summed E-state index contributed by atoms with van der Waals surface area (Å²) in [4.78, 5) is 6.52. The zero-order valence-electron chi connectivity index (χ0n) is 10.5. The first-order chi connectivity index (χ1) is 8.24. The van der Waals surface area contributed by atoms with Crippen molar-refractivity contribution in [3.8, 4) is 0 Å². The molecule has 0 radical (unpaired) electrons. The van der Waals surface area contributed by atoms with Crippen LogP contribution in [0.1, 0.15) is 26.2 Å². The number of nitrogens with one attached hydrogen (secondary N) is 1. The van der Waals surface area contributed by atoms with Crippen LogP contribution in [0.25, 0.3) is 0 Å². The van der Waals surface area contributed by atoms with Crippen LogP contribution in [0.5, 0.6) is 0 Å². The minimum atomic E-state index is 0.440. The first-order valence-corrected chi connectivity index (χ1v) is 6.44. The van der Waals surface area contributed by atoms with E-state index in [4.69, 9.17) is 5.73 Å². The summed E-state index contributed by atoms with van der Waals surface area (Å²) < 4.78 is 0. The third-order valence-electron chi connectivity index (χ3n) is 3.17. The predicted octanol–water partition coefficient (Wildman–Crippen LogP) is 1.95. The van der Waals surface area contributed by atoms with Gasteiger partial charge in [0.15, 0.2) is 0 Å². The molecule has 94 valence electrons. The highest BCUT2D eigenvalue weighted by Gasteiger charge is 2.13. The molecule has 1 saturated heterocycles. The van der Waals surface area contributed by atoms with Crippen LogP contribution >= 0.6 is 0 Å². The molecule has 2 heterocycles. The molecule has 17 heavy (non-hydrogen) atoms. The van der Waals surface area contributed by atoms with Gasteiger partial charge in [0, 0.05) is 30.5 Å². The number of aromatic nitrogens is 1. The molecular formula is C13H22N4. The molecule has 0 amide bonds. The number of nitrogen functional groups attached to an aromatic ring is 1. The second-order valence-electron chi connectivity index (χ2n) is 4.88. The summed E-state index contributed by atoms with van der Waals surface area (Å²) >= 11 is 0. The van der Waals surface area contributed by atoms with Crippen molar-refractivity contribution >= 4 is 11.5 Å². The Bertz CT molecular complexity index is 347. The lowest BCUT2D eigenvalue weighted by Gasteiger charge is -2.29. The fraction of sp³-hybridized carbons (Fsp3) is 0.615. The molecule has 0 aliphatic carbocycles. The molecule has 2 rings (SSSR count). The van der Waals surface area contributed by atoms with Crippen molar-refractivity contribution in [1.82, 2.24) is 9.88 Å². The van der Waals surface area contributed by atoms with Crippen LogP contribution in [0, 0.1) is 0 Å². The van der Waals surface area contributed by atoms with Gasteiger partial charge in [-0.15, -0.1) is 0 Å². The molecule has 4 heteroatoms. The minimum absolute atomic E-state index is 0.440. The standard InChI is InChI=1S/C13H22N4/c1-11(10-17-7-3-2-4-8-17)16-12-5-6-15-13(14)9-12/h5-6,9,11H,2-4,7-8,10H2,1H3,(H3,14,15,16). The largest absolute Gasteiger partial charge is 0.384 e. The Hall–Kier alpha value is -1.29. The smallest absolute Gasteiger partial charge is 0.125 e. The van der Waals surface area contributed by atoms with Gasteiger partial charge < -0.3 is 16.0 Å². The monoisotopic (exact) mass is 234 g/mol. The molecule has 1 aromatic heterocycles. The van der Waals surface area contributed by atoms with Gasteiger partial charge in [0.1, 0.15) is 5.82 Å². The van der Waals surface area contributed by atoms with Crippen molar-refractivity contribution in [2.24, 2.45) is 0 Å². The van der Waals surface area contributed by atoms with Crippen LogP contribution in [0.2, 0.25) is 0 Å². The van der Waals surface area contributed by atoms with Crippen molar-refractivity contribution in [2.45, 2.75) is 32.2 Å². The zero-order valence-corrected chi connectivity index (χ0v) is 10.5. The van der Waals surface area contributed by atoms with E-state index in [1.165, 1.54) is 32.4 Å². The molecule has 0 spiro atoms. The number of hydrogen-bond acceptors (Lipinski definition) is 4. The van der Waals surface area contributed by atoms with Crippen LogP contribution in [-0.2, 0) is 0 Å². The average Bonchev–Trinajstić information content (AvgIpc) is 2.30. The first kappa shape index (κ1) is 12.2. The molecule has 1 aliphatic heterocycles. The number of piperidine rings is 1. The Balaban J connectivity index is 1.82. The van der Waals surface area contributed by atoms with Crippen LogP contribution < -0.4 is 11.1 Å². The molecule has 3 N–H and O–H groups in total. The van der Waals surface area contributed by atoms with Gasteiger partial charge in [-0.05, 0) is 38.9 Å². The Morgan fingerprint density at radius 1 is 1.41 bits per heavy atom. The van der Waals surface area contributed by atoms with E-state index in [1.807, 2.05) is 12.1 Å². The molecule has 1 fully saturated rings. The number of likely N-dealkylation sites (tertiary alicyclic amines) is 1. The molecule has 1 aliphatic rings. The van der Waals surface area contributed by atoms with Crippen molar-refractivity contribution in [3.63, 3.8) is 0 Å². The molecule has 0 saturated carbocycles. The molecule has 0 aromatic carbocycles. The Kier molecular flexibility index (Phi) is 4.20. The fourth-order valence-electron chi connectivity index (χ4n) is 2.40. The van der Waals surface area contributed by atoms with E-state index >= 15 is 0 Å². The highest BCUT2D eigenvalue weighted by atomic mass is 15.1. The lowest BCUT2D eigenvalue weighted by atomic mass is 10.1. The maximum atomic E-state index is 5.66. The Morgan fingerprint density at radius 2 is 2.18 bits per heavy atom. The van der Waals surface area contributed by atoms with Gasteiger partial charge in [-0.3, -0.25) is 0 Å². The maximum absolute atomic E-state index is 5.66. The Morgan fingerprint density at radius 3 is 2.88 bits per heavy atom. The lowest BCUT2D eigenvalue weighted by molar-refractivity contribution is 0.223. The minimum Gasteiger partial charge on any atom is -0.384 e. The molecule has 1 aromatic rings. The fourth-order valence-corrected chi connectivity index (χ4v) is 2.40. The summed E-state index contributed by atoms with van der Waals surface area (Å²) in [6.45, 7) is 5.79. The number of rotatable bonds is 4. The zero-order chi connectivity index (χ0) is 12.1. The predicted molar refractivity (Wildman–Crippen MR) is 72.0 cm³/mol. The van der Waals surface area contributed by atoms with Crippen LogP contribution in [0.15, 0.2) is 18.3 Å². The number of nitrogens with zero attached hydrogens (tertiary/aromatic N) is 2. The van der Waals surface area contributed by atoms with E-state index in [1.54, 1.807) is 6.20 Å². The van der Waals surface area contributed by atoms with Gasteiger partial charge in [0.2, 0.25) is 0 Å². The van der Waals surface area contributed by atoms with Gasteiger partial charge in [-0.25, -0.2) is 4.98 Å². The highest BCUT2D eigenvalue weighted by Crippen LogP contribution is 2.13. The van der Waals surface area contributed by atoms with Crippen LogP contribution in [0.3, 0.4) is 0 Å². The summed E-state index contributed by atoms with van der Waals surface area (Å²) in [6.07, 6.45) is 5.81. The van der Waals surface area contributed by atoms with E-state index in [2.05, 4.69) is 22.1 Å². The maximum Gasteiger partial charge on any atom is 0.125 e. The quantitative estimate of drug-likeness (QED) is 0.836. The molecule has 4 nitrogen and oxygen atoms in total. The normalized spacial score (nSPS) is 18.9. The molecule has 1 unspecified atom stereocenters. The number of hydrogen-bond donors (Lipinski definition) is 2. The molecule has 1 atom stereocenters. The first-order valence-electron chi connectivity index (χ1n) is 6.44. The number of nitrogens with two attached hydrogens (primary N) is 1. The SMILES string of the molecule is CC(CN1CCCCC1)Nc1ccnc(N)c1. The average molecular weight is 234 g/mol. The summed E-state index contributed by atoms with van der Waals surface area (Å²) in [5.74, 6) is 0.570. The van der Waals surface area contributed by atoms with Crippen LogP contribution in [0.4, 0.5) is 11.5 Å². The van der Waals surface area contributed by atoms with Gasteiger partial charge in [-0.1, -0.05) is 6.42 Å². The van der Waals surface area contributed by atoms with Crippen LogP contribution in [-0.4, -0.2) is 35.6 Å². The summed E-state index contributed by atoms with van der Waals surface area (Å²) in [5.41, 5.74) is 6.71. The highest BCUT2D eigenvalue weighted by molar-refractivity contribution is 5.50. The third kappa shape index (κ3) is 3.89. The molecule has 0 bridgehead atoms. The molecular weight excluding hydrogens is 212 g/mol. The van der Waals surface area contributed by atoms with Gasteiger partial charge in [-0.2, -0.15) is 0 Å². The van der Waals surface area contributed by atoms with E-state index in [0.29, 0.717) is 11.9 Å². The summed E-state index contributed by atoms with van der Waals surface area (Å²) in [6, 6.07) is 4.28. The van der Waals surface area contributed by atoms with E-state index in [9.17, 15) is 0 Å². The topological polar surface area (TPSA) is 54.2 Å². The van der Waals surface area contributed by atoms with Crippen molar-refractivity contribution in [1.29, 1.82) is 0 Å². The van der Waals surface area contributed by atoms with Crippen molar-refractivity contribution in [3.05, 3.63) is 18.3 Å². The van der Waals surface area contributed by atoms with Gasteiger partial charge in [0.05, 0.1) is 0 Å². The van der Waals surface area contributed by atoms with Gasteiger partial charge in [0.25, 0.3) is 0 Å². The lowest BCUT2D eigenvalue weighted by Crippen LogP contribution is -2.38. The second-order valence-corrected chi connectivity index (χ2v) is 4.88. The van der Waals surface area contributed by atoms with E-state index in [0.717, 1.165) is 12.2 Å². The van der Waals surface area contributed by atoms with Crippen molar-refractivity contribution < 1.29 is 0 Å². The van der Waals surface area contributed by atoms with E-state index < -0.39 is 0 Å². The van der Waals surface area contributed by atoms with E-state index in [-0.39, 0.29) is 0 Å². The second kappa shape index (κ2) is 5.87. The number of anilines is 2. The van der Waals surface area contributed by atoms with Gasteiger partial charge >= 0.3 is 0 Å². The summed E-state index contributed by atoms with van der Waals surface area (Å²) in [5, 5.41) is 3.47.